The molecule has 0 spiro atoms. The molecular weight excluding hydrogens is 583 g/mol. The van der Waals surface area contributed by atoms with Gasteiger partial charge in [0, 0.05) is 0 Å². The third kappa shape index (κ3) is 10.1. The third-order valence-corrected chi connectivity index (χ3v) is 6.77. The van der Waals surface area contributed by atoms with Gasteiger partial charge in [0.2, 0.25) is 0 Å². The number of hydrogen-bond acceptors (Lipinski definition) is 0. The Kier molecular flexibility index (Phi) is 13.8. The summed E-state index contributed by atoms with van der Waals surface area (Å²) >= 11 is 1.55. The van der Waals surface area contributed by atoms with Crippen LogP contribution in [-0.2, 0) is 41.5 Å². The minimum atomic E-state index is 0. The number of hydrogen-bond donors (Lipinski definition) is 0. The molecule has 0 radical (unpaired) electrons. The molecular formula is C35H40Cl2Zr-2. The van der Waals surface area contributed by atoms with Crippen LogP contribution < -0.4 is 24.8 Å². The van der Waals surface area contributed by atoms with Gasteiger partial charge in [-0.2, -0.15) is 6.08 Å². The first-order valence-electron chi connectivity index (χ1n) is 12.9. The summed E-state index contributed by atoms with van der Waals surface area (Å²) < 4.78 is 1.55. The van der Waals surface area contributed by atoms with E-state index < -0.39 is 0 Å². The predicted octanol–water partition coefficient (Wildman–Crippen LogP) is 3.59. The van der Waals surface area contributed by atoms with Crippen LogP contribution in [0.4, 0.5) is 0 Å². The van der Waals surface area contributed by atoms with Crippen LogP contribution in [0.1, 0.15) is 71.6 Å². The SMILES string of the molecule is CC(C)(C)c1ccc2[cH-]c3ccc(C(C)(C)C)cc3c2c1.C[C](=[Zr+2])Cc1ccccc1.[C-]1=CC=CC1.[Cl-].[Cl-]. The Labute approximate surface area is 258 Å². The van der Waals surface area contributed by atoms with Gasteiger partial charge in [0.05, 0.1) is 0 Å². The molecule has 4 aromatic carbocycles. The predicted molar refractivity (Wildman–Crippen MR) is 157 cm³/mol. The van der Waals surface area contributed by atoms with E-state index in [1.165, 1.54) is 38.2 Å². The van der Waals surface area contributed by atoms with Crippen LogP contribution in [0, 0.1) is 6.08 Å². The molecule has 0 unspecified atom stereocenters. The van der Waals surface area contributed by atoms with Crippen molar-refractivity contribution in [3.63, 3.8) is 0 Å². The molecule has 0 bridgehead atoms. The molecule has 0 aliphatic heterocycles. The van der Waals surface area contributed by atoms with E-state index in [0.29, 0.717) is 0 Å². The van der Waals surface area contributed by atoms with Gasteiger partial charge in [0.25, 0.3) is 0 Å². The molecule has 0 aromatic heterocycles. The monoisotopic (exact) mass is 620 g/mol. The molecule has 1 aliphatic carbocycles. The van der Waals surface area contributed by atoms with Gasteiger partial charge in [-0.3, -0.25) is 6.08 Å². The summed E-state index contributed by atoms with van der Waals surface area (Å²) in [6.45, 7) is 15.9. The van der Waals surface area contributed by atoms with Crippen LogP contribution >= 0.6 is 0 Å². The van der Waals surface area contributed by atoms with Crippen molar-refractivity contribution in [1.29, 1.82) is 0 Å². The van der Waals surface area contributed by atoms with Gasteiger partial charge >= 0.3 is 76.7 Å². The van der Waals surface area contributed by atoms with Crippen molar-refractivity contribution in [3.05, 3.63) is 114 Å². The molecule has 0 saturated carbocycles. The quantitative estimate of drug-likeness (QED) is 0.300. The molecule has 0 fully saturated rings. The summed E-state index contributed by atoms with van der Waals surface area (Å²) in [5.41, 5.74) is 4.63. The molecule has 0 nitrogen and oxygen atoms in total. The second-order valence-corrected chi connectivity index (χ2v) is 13.8. The smallest absolute Gasteiger partial charge is 0.109 e. The summed E-state index contributed by atoms with van der Waals surface area (Å²) in [6.07, 6.45) is 11.2. The number of benzene rings is 3. The maximum absolute atomic E-state index is 2.99. The standard InChI is InChI=1S/C21H25.C9H10.C5H5.2ClH.Zr/c1-20(2,3)16-9-7-14-11-15-8-10-17(21(4,5)6)13-19(15)18(14)12-16;1-2-6-9-7-4-3-5-8-9;1-2-4-5-3-1;;;/h7-13H,1-6H3;3-5,7-8H,6H2,1H3;1-3H,4H2;2*1H;/q-1;;-1;;;+2/p-2. The minimum Gasteiger partial charge on any atom is -1.00 e. The van der Waals surface area contributed by atoms with Crippen LogP contribution in [0.5, 0.6) is 0 Å². The van der Waals surface area contributed by atoms with Crippen molar-refractivity contribution in [2.45, 2.75) is 72.1 Å². The molecule has 0 N–H and O–H groups in total. The zero-order valence-corrected chi connectivity index (χ0v) is 27.8. The van der Waals surface area contributed by atoms with Crippen LogP contribution in [0.3, 0.4) is 0 Å². The van der Waals surface area contributed by atoms with E-state index >= 15 is 0 Å². The molecule has 0 atom stereocenters. The maximum atomic E-state index is 2.99. The molecule has 1 aliphatic rings. The topological polar surface area (TPSA) is 0 Å². The Morgan fingerprint density at radius 3 is 1.63 bits per heavy atom. The Bertz CT molecular complexity index is 1280. The van der Waals surface area contributed by atoms with Crippen molar-refractivity contribution in [1.82, 2.24) is 0 Å². The minimum absolute atomic E-state index is 0. The molecule has 5 rings (SSSR count). The van der Waals surface area contributed by atoms with Crippen molar-refractivity contribution in [2.75, 3.05) is 0 Å². The number of rotatable bonds is 2. The fourth-order valence-corrected chi connectivity index (χ4v) is 4.68. The van der Waals surface area contributed by atoms with E-state index in [1.807, 2.05) is 12.2 Å². The Morgan fingerprint density at radius 2 is 1.29 bits per heavy atom. The van der Waals surface area contributed by atoms with Gasteiger partial charge < -0.3 is 24.8 Å². The number of allylic oxidation sites excluding steroid dienone is 4. The van der Waals surface area contributed by atoms with E-state index in [-0.39, 0.29) is 35.6 Å². The fourth-order valence-electron chi connectivity index (χ4n) is 4.17. The van der Waals surface area contributed by atoms with E-state index in [9.17, 15) is 0 Å². The Balaban J connectivity index is 0.000000354. The first kappa shape index (κ1) is 34.4. The molecule has 4 aromatic rings. The molecule has 0 heterocycles. The van der Waals surface area contributed by atoms with Gasteiger partial charge in [-0.25, -0.2) is 12.2 Å². The van der Waals surface area contributed by atoms with E-state index in [4.69, 9.17) is 0 Å². The van der Waals surface area contributed by atoms with Gasteiger partial charge in [0.15, 0.2) is 0 Å². The van der Waals surface area contributed by atoms with Crippen LogP contribution in [0.15, 0.2) is 91.0 Å². The van der Waals surface area contributed by atoms with Crippen molar-refractivity contribution < 1.29 is 49.0 Å². The van der Waals surface area contributed by atoms with Crippen LogP contribution in [-0.4, -0.2) is 3.21 Å². The number of halogens is 2. The largest absolute Gasteiger partial charge is 1.00 e. The van der Waals surface area contributed by atoms with Crippen LogP contribution in [0.2, 0.25) is 0 Å². The van der Waals surface area contributed by atoms with Gasteiger partial charge in [-0.1, -0.05) is 76.9 Å². The van der Waals surface area contributed by atoms with E-state index in [2.05, 4.69) is 133 Å². The van der Waals surface area contributed by atoms with E-state index in [0.717, 1.165) is 12.8 Å². The second kappa shape index (κ2) is 15.2. The maximum Gasteiger partial charge on any atom is -0.109 e. The van der Waals surface area contributed by atoms with Crippen LogP contribution in [0.25, 0.3) is 21.5 Å². The molecule has 200 valence electrons. The summed E-state index contributed by atoms with van der Waals surface area (Å²) in [4.78, 5) is 0. The Morgan fingerprint density at radius 1 is 0.789 bits per heavy atom. The molecule has 0 saturated heterocycles. The second-order valence-electron chi connectivity index (χ2n) is 11.7. The zero-order valence-electron chi connectivity index (χ0n) is 23.8. The van der Waals surface area contributed by atoms with Gasteiger partial charge in [0.1, 0.15) is 0 Å². The van der Waals surface area contributed by atoms with Gasteiger partial charge in [-0.05, 0) is 10.8 Å². The summed E-state index contributed by atoms with van der Waals surface area (Å²) in [5.74, 6) is 0. The summed E-state index contributed by atoms with van der Waals surface area (Å²) in [7, 11) is 0. The normalized spacial score (nSPS) is 12.1. The average molecular weight is 623 g/mol. The van der Waals surface area contributed by atoms with E-state index in [1.54, 1.807) is 27.4 Å². The zero-order chi connectivity index (χ0) is 26.3. The molecule has 0 amide bonds. The average Bonchev–Trinajstić information content (AvgIpc) is 3.49. The first-order chi connectivity index (χ1) is 16.9. The van der Waals surface area contributed by atoms with Crippen molar-refractivity contribution in [2.24, 2.45) is 0 Å². The summed E-state index contributed by atoms with van der Waals surface area (Å²) in [5, 5.41) is 5.49. The first-order valence-corrected chi connectivity index (χ1v) is 14.1. The van der Waals surface area contributed by atoms with Gasteiger partial charge in [-0.15, -0.1) is 46.2 Å². The van der Waals surface area contributed by atoms with Crippen molar-refractivity contribution >= 4 is 24.8 Å². The molecule has 38 heavy (non-hydrogen) atoms. The fraction of sp³-hybridized carbons (Fsp3) is 0.314. The van der Waals surface area contributed by atoms with Crippen molar-refractivity contribution in [3.8, 4) is 0 Å². The number of fused-ring (bicyclic) bond motifs is 3. The molecule has 3 heteroatoms. The third-order valence-electron chi connectivity index (χ3n) is 6.34. The summed E-state index contributed by atoms with van der Waals surface area (Å²) in [6, 6.07) is 26.7. The Hall–Kier alpha value is -1.66.